The highest BCUT2D eigenvalue weighted by molar-refractivity contribution is 7.18. The Hall–Kier alpha value is -1.94. The molecule has 1 amide bonds. The maximum Gasteiger partial charge on any atom is 0.251 e. The van der Waals surface area contributed by atoms with Gasteiger partial charge in [0, 0.05) is 5.57 Å². The van der Waals surface area contributed by atoms with E-state index in [4.69, 9.17) is 0 Å². The van der Waals surface area contributed by atoms with Crippen molar-refractivity contribution in [1.29, 1.82) is 0 Å². The number of thiazole rings is 1. The van der Waals surface area contributed by atoms with E-state index in [2.05, 4.69) is 30.0 Å². The first kappa shape index (κ1) is 16.1. The Balaban J connectivity index is 0.000000956. The largest absolute Gasteiger partial charge is 0.320 e. The molecule has 0 unspecified atom stereocenters. The van der Waals surface area contributed by atoms with Crippen molar-refractivity contribution in [1.82, 2.24) is 4.98 Å². The SMILES string of the molecule is C=C.C=C(CC)C(=O)Nc1c(C)ccc2sc(C)nc12. The summed E-state index contributed by atoms with van der Waals surface area (Å²) in [5.74, 6) is -0.126. The number of amides is 1. The quantitative estimate of drug-likeness (QED) is 0.661. The van der Waals surface area contributed by atoms with Crippen LogP contribution in [-0.4, -0.2) is 10.9 Å². The number of nitrogens with one attached hydrogen (secondary N) is 1. The minimum absolute atomic E-state index is 0.126. The van der Waals surface area contributed by atoms with E-state index in [0.717, 1.165) is 26.5 Å². The Labute approximate surface area is 124 Å². The van der Waals surface area contributed by atoms with Gasteiger partial charge in [0.05, 0.1) is 15.4 Å². The fraction of sp³-hybridized carbons (Fsp3) is 0.250. The summed E-state index contributed by atoms with van der Waals surface area (Å²) in [5.41, 5.74) is 3.27. The molecule has 4 heteroatoms. The van der Waals surface area contributed by atoms with Gasteiger partial charge in [0.2, 0.25) is 0 Å². The van der Waals surface area contributed by atoms with Gasteiger partial charge in [-0.1, -0.05) is 19.6 Å². The third-order valence-corrected chi connectivity index (χ3v) is 3.80. The van der Waals surface area contributed by atoms with Crippen molar-refractivity contribution in [3.63, 3.8) is 0 Å². The molecule has 0 aliphatic heterocycles. The second-order valence-electron chi connectivity index (χ2n) is 4.25. The topological polar surface area (TPSA) is 42.0 Å². The van der Waals surface area contributed by atoms with Crippen LogP contribution in [0.4, 0.5) is 5.69 Å². The molecule has 0 saturated carbocycles. The van der Waals surface area contributed by atoms with Crippen molar-refractivity contribution in [3.05, 3.63) is 48.0 Å². The van der Waals surface area contributed by atoms with Crippen molar-refractivity contribution in [2.45, 2.75) is 27.2 Å². The summed E-state index contributed by atoms with van der Waals surface area (Å²) in [7, 11) is 0. The Bertz CT molecular complexity index is 643. The van der Waals surface area contributed by atoms with Crippen LogP contribution in [0.2, 0.25) is 0 Å². The molecule has 3 nitrogen and oxygen atoms in total. The maximum absolute atomic E-state index is 11.9. The van der Waals surface area contributed by atoms with Crippen molar-refractivity contribution in [2.24, 2.45) is 0 Å². The zero-order chi connectivity index (χ0) is 15.3. The molecule has 0 fully saturated rings. The summed E-state index contributed by atoms with van der Waals surface area (Å²) in [6.07, 6.45) is 0.650. The number of fused-ring (bicyclic) bond motifs is 1. The summed E-state index contributed by atoms with van der Waals surface area (Å²) in [6, 6.07) is 4.05. The van der Waals surface area contributed by atoms with E-state index >= 15 is 0 Å². The lowest BCUT2D eigenvalue weighted by atomic mass is 10.1. The molecule has 2 rings (SSSR count). The third-order valence-electron chi connectivity index (χ3n) is 2.86. The summed E-state index contributed by atoms with van der Waals surface area (Å²) in [4.78, 5) is 16.4. The van der Waals surface area contributed by atoms with E-state index in [-0.39, 0.29) is 5.91 Å². The van der Waals surface area contributed by atoms with Gasteiger partial charge in [-0.2, -0.15) is 0 Å². The minimum Gasteiger partial charge on any atom is -0.320 e. The van der Waals surface area contributed by atoms with E-state index in [1.165, 1.54) is 0 Å². The lowest BCUT2D eigenvalue weighted by Gasteiger charge is -2.09. The van der Waals surface area contributed by atoms with E-state index < -0.39 is 0 Å². The molecule has 0 aliphatic rings. The highest BCUT2D eigenvalue weighted by Crippen LogP contribution is 2.30. The maximum atomic E-state index is 11.9. The molecule has 0 radical (unpaired) electrons. The lowest BCUT2D eigenvalue weighted by molar-refractivity contribution is -0.112. The number of anilines is 1. The summed E-state index contributed by atoms with van der Waals surface area (Å²) in [6.45, 7) is 15.6. The molecular formula is C16H20N2OS. The normalized spacial score (nSPS) is 9.75. The molecule has 20 heavy (non-hydrogen) atoms. The van der Waals surface area contributed by atoms with Crippen LogP contribution >= 0.6 is 11.3 Å². The molecule has 1 heterocycles. The van der Waals surface area contributed by atoms with Gasteiger partial charge < -0.3 is 5.32 Å². The first-order chi connectivity index (χ1) is 9.52. The van der Waals surface area contributed by atoms with Crippen LogP contribution in [0.25, 0.3) is 10.2 Å². The van der Waals surface area contributed by atoms with Crippen LogP contribution in [-0.2, 0) is 4.79 Å². The number of rotatable bonds is 3. The average Bonchev–Trinajstić information content (AvgIpc) is 2.84. The van der Waals surface area contributed by atoms with Gasteiger partial charge in [-0.05, 0) is 31.9 Å². The number of carbonyl (C=O) groups excluding carboxylic acids is 1. The van der Waals surface area contributed by atoms with Crippen molar-refractivity contribution >= 4 is 33.1 Å². The zero-order valence-electron chi connectivity index (χ0n) is 12.2. The number of aromatic nitrogens is 1. The van der Waals surface area contributed by atoms with Crippen LogP contribution in [0, 0.1) is 13.8 Å². The molecule has 0 spiro atoms. The molecule has 0 saturated heterocycles. The van der Waals surface area contributed by atoms with Crippen molar-refractivity contribution in [2.75, 3.05) is 5.32 Å². The highest BCUT2D eigenvalue weighted by Gasteiger charge is 2.13. The van der Waals surface area contributed by atoms with E-state index in [1.54, 1.807) is 11.3 Å². The minimum atomic E-state index is -0.126. The lowest BCUT2D eigenvalue weighted by Crippen LogP contribution is -2.14. The summed E-state index contributed by atoms with van der Waals surface area (Å²) < 4.78 is 1.09. The molecule has 1 aromatic heterocycles. The van der Waals surface area contributed by atoms with Gasteiger partial charge in [-0.3, -0.25) is 4.79 Å². The fourth-order valence-electron chi connectivity index (χ4n) is 1.73. The number of nitrogens with zero attached hydrogens (tertiary/aromatic N) is 1. The first-order valence-corrected chi connectivity index (χ1v) is 7.20. The molecule has 1 aromatic carbocycles. The Kier molecular flexibility index (Phi) is 5.65. The Morgan fingerprint density at radius 1 is 1.35 bits per heavy atom. The third kappa shape index (κ3) is 3.33. The average molecular weight is 288 g/mol. The fourth-order valence-corrected chi connectivity index (χ4v) is 2.56. The first-order valence-electron chi connectivity index (χ1n) is 6.38. The van der Waals surface area contributed by atoms with Crippen LogP contribution < -0.4 is 5.32 Å². The second kappa shape index (κ2) is 7.01. The molecule has 0 bridgehead atoms. The molecule has 0 aliphatic carbocycles. The number of carbonyl (C=O) groups is 1. The molecular weight excluding hydrogens is 268 g/mol. The molecule has 1 N–H and O–H groups in total. The number of benzene rings is 1. The van der Waals surface area contributed by atoms with Crippen LogP contribution in [0.5, 0.6) is 0 Å². The number of hydrogen-bond acceptors (Lipinski definition) is 3. The highest BCUT2D eigenvalue weighted by atomic mass is 32.1. The predicted molar refractivity (Wildman–Crippen MR) is 88.4 cm³/mol. The molecule has 2 aromatic rings. The van der Waals surface area contributed by atoms with E-state index in [1.807, 2.05) is 32.9 Å². The van der Waals surface area contributed by atoms with Crippen LogP contribution in [0.3, 0.4) is 0 Å². The van der Waals surface area contributed by atoms with Crippen LogP contribution in [0.1, 0.15) is 23.9 Å². The predicted octanol–water partition coefficient (Wildman–Crippen LogP) is 4.62. The summed E-state index contributed by atoms with van der Waals surface area (Å²) in [5, 5.41) is 3.92. The zero-order valence-corrected chi connectivity index (χ0v) is 13.1. The van der Waals surface area contributed by atoms with Gasteiger partial charge in [-0.25, -0.2) is 4.98 Å². The van der Waals surface area contributed by atoms with E-state index in [9.17, 15) is 4.79 Å². The monoisotopic (exact) mass is 288 g/mol. The van der Waals surface area contributed by atoms with Gasteiger partial charge in [-0.15, -0.1) is 24.5 Å². The molecule has 106 valence electrons. The summed E-state index contributed by atoms with van der Waals surface area (Å²) >= 11 is 1.63. The smallest absolute Gasteiger partial charge is 0.251 e. The number of aryl methyl sites for hydroxylation is 2. The second-order valence-corrected chi connectivity index (χ2v) is 5.48. The van der Waals surface area contributed by atoms with Crippen LogP contribution in [0.15, 0.2) is 37.4 Å². The standard InChI is InChI=1S/C14H16N2OS.C2H4/c1-5-8(2)14(17)16-12-9(3)6-7-11-13(12)15-10(4)18-11;1-2/h6-7H,2,5H2,1,3-4H3,(H,16,17);1-2H2. The number of hydrogen-bond donors (Lipinski definition) is 1. The van der Waals surface area contributed by atoms with Gasteiger partial charge in [0.1, 0.15) is 5.52 Å². The van der Waals surface area contributed by atoms with E-state index in [0.29, 0.717) is 12.0 Å². The van der Waals surface area contributed by atoms with Crippen molar-refractivity contribution in [3.8, 4) is 0 Å². The van der Waals surface area contributed by atoms with Gasteiger partial charge >= 0.3 is 0 Å². The van der Waals surface area contributed by atoms with Gasteiger partial charge in [0.25, 0.3) is 5.91 Å². The van der Waals surface area contributed by atoms with Crippen molar-refractivity contribution < 1.29 is 4.79 Å². The Morgan fingerprint density at radius 3 is 2.60 bits per heavy atom. The van der Waals surface area contributed by atoms with Gasteiger partial charge in [0.15, 0.2) is 0 Å². The Morgan fingerprint density at radius 2 is 2.00 bits per heavy atom. The molecule has 0 atom stereocenters.